The molecular formula is C45H37NP2. The Bertz CT molecular complexity index is 2240. The molecule has 0 radical (unpaired) electrons. The molecule has 0 saturated heterocycles. The van der Waals surface area contributed by atoms with Gasteiger partial charge in [0.05, 0.1) is 0 Å². The van der Waals surface area contributed by atoms with Gasteiger partial charge in [0.2, 0.25) is 0 Å². The molecule has 8 aromatic carbocycles. The van der Waals surface area contributed by atoms with Crippen molar-refractivity contribution in [2.75, 3.05) is 7.05 Å². The quantitative estimate of drug-likeness (QED) is 0.162. The summed E-state index contributed by atoms with van der Waals surface area (Å²) in [6, 6.07) is 71.9. The second-order valence-corrected chi connectivity index (χ2v) is 18.0. The molecule has 0 saturated carbocycles. The second-order valence-electron chi connectivity index (χ2n) is 12.1. The maximum absolute atomic E-state index is 4.04. The Morgan fingerprint density at radius 2 is 0.812 bits per heavy atom. The zero-order valence-electron chi connectivity index (χ0n) is 26.9. The number of rotatable bonds is 8. The monoisotopic (exact) mass is 653 g/mol. The Morgan fingerprint density at radius 3 is 1.31 bits per heavy atom. The molecule has 3 heteroatoms. The first kappa shape index (κ1) is 30.4. The van der Waals surface area contributed by atoms with E-state index in [0.29, 0.717) is 0 Å². The number of fused-ring (bicyclic) bond motifs is 2. The van der Waals surface area contributed by atoms with Crippen LogP contribution in [-0.2, 0) is 0 Å². The van der Waals surface area contributed by atoms with Gasteiger partial charge in [0.1, 0.15) is 0 Å². The third-order valence-corrected chi connectivity index (χ3v) is 16.4. The van der Waals surface area contributed by atoms with Crippen LogP contribution >= 0.6 is 15.3 Å². The van der Waals surface area contributed by atoms with Crippen LogP contribution in [0.4, 0.5) is 0 Å². The van der Waals surface area contributed by atoms with Gasteiger partial charge in [0.15, 0.2) is 0 Å². The van der Waals surface area contributed by atoms with E-state index in [1.165, 1.54) is 64.5 Å². The van der Waals surface area contributed by atoms with Crippen LogP contribution in [0.3, 0.4) is 0 Å². The molecule has 1 nitrogen and oxygen atoms in total. The van der Waals surface area contributed by atoms with Crippen LogP contribution in [0.15, 0.2) is 194 Å². The third-order valence-electron chi connectivity index (χ3n) is 9.55. The van der Waals surface area contributed by atoms with Gasteiger partial charge in [-0.1, -0.05) is 0 Å². The van der Waals surface area contributed by atoms with E-state index >= 15 is 0 Å². The van der Waals surface area contributed by atoms with Crippen molar-refractivity contribution < 1.29 is 0 Å². The molecule has 1 N–H and O–H groups in total. The van der Waals surface area contributed by atoms with Gasteiger partial charge in [-0.25, -0.2) is 0 Å². The predicted octanol–water partition coefficient (Wildman–Crippen LogP) is 8.58. The van der Waals surface area contributed by atoms with Crippen LogP contribution in [0.2, 0.25) is 0 Å². The fraction of sp³-hybridized carbons (Fsp3) is 0.0222. The molecule has 0 aliphatic heterocycles. The summed E-state index contributed by atoms with van der Waals surface area (Å²) < 4.78 is 0. The predicted molar refractivity (Wildman–Crippen MR) is 215 cm³/mol. The minimum atomic E-state index is -2.79. The van der Waals surface area contributed by atoms with E-state index in [1.807, 2.05) is 0 Å². The number of benzene rings is 8. The summed E-state index contributed by atoms with van der Waals surface area (Å²) in [5, 5.41) is 17.2. The van der Waals surface area contributed by atoms with E-state index in [9.17, 15) is 0 Å². The Kier molecular flexibility index (Phi) is 8.44. The summed E-state index contributed by atoms with van der Waals surface area (Å²) in [7, 11) is -1.51. The van der Waals surface area contributed by atoms with Gasteiger partial charge >= 0.3 is 286 Å². The fourth-order valence-electron chi connectivity index (χ4n) is 7.42. The molecule has 0 atom stereocenters. The van der Waals surface area contributed by atoms with Crippen LogP contribution in [0.25, 0.3) is 32.7 Å². The Balaban J connectivity index is 1.57. The number of hydrogen-bond acceptors (Lipinski definition) is 1. The molecule has 0 amide bonds. The first-order valence-corrected chi connectivity index (χ1v) is 19.9. The Labute approximate surface area is 285 Å². The molecule has 0 spiro atoms. The van der Waals surface area contributed by atoms with Crippen LogP contribution in [0.1, 0.15) is 0 Å². The van der Waals surface area contributed by atoms with Gasteiger partial charge in [-0.2, -0.15) is 0 Å². The van der Waals surface area contributed by atoms with E-state index in [4.69, 9.17) is 0 Å². The van der Waals surface area contributed by atoms with Crippen molar-refractivity contribution >= 4 is 68.7 Å². The van der Waals surface area contributed by atoms with E-state index in [0.717, 1.165) is 0 Å². The molecule has 0 aliphatic rings. The molecule has 8 rings (SSSR count). The van der Waals surface area contributed by atoms with E-state index in [2.05, 4.69) is 206 Å². The maximum atomic E-state index is 4.04. The van der Waals surface area contributed by atoms with E-state index in [1.54, 1.807) is 0 Å². The minimum absolute atomic E-state index is 0.885. The molecule has 232 valence electrons. The Morgan fingerprint density at radius 1 is 0.396 bits per heavy atom. The molecular weight excluding hydrogens is 616 g/mol. The zero-order valence-corrected chi connectivity index (χ0v) is 28.8. The van der Waals surface area contributed by atoms with Crippen molar-refractivity contribution in [2.45, 2.75) is 0 Å². The molecule has 48 heavy (non-hydrogen) atoms. The van der Waals surface area contributed by atoms with Crippen LogP contribution in [-0.4, -0.2) is 7.05 Å². The summed E-state index contributed by atoms with van der Waals surface area (Å²) in [5.74, 6) is 0. The number of hydrogen-bond donors (Lipinski definition) is 1. The average Bonchev–Trinajstić information content (AvgIpc) is 3.17. The summed E-state index contributed by atoms with van der Waals surface area (Å²) in [6.07, 6.45) is 0. The van der Waals surface area contributed by atoms with E-state index in [-0.39, 0.29) is 0 Å². The second kappa shape index (κ2) is 13.3. The van der Waals surface area contributed by atoms with Gasteiger partial charge in [-0.15, -0.1) is 0 Å². The summed E-state index contributed by atoms with van der Waals surface area (Å²) in [6.45, 7) is 0. The molecule has 0 aliphatic carbocycles. The standard InChI is InChI=1S/C45H37NP2/c1-46-48(38-24-10-4-11-25-38,39-26-12-5-13-27-39)43-33-31-35-19-15-17-29-41(35)45(43)44-40-28-16-14-18-34(40)30-32-42(44)47(36-20-6-2-7-21-36)37-22-8-3-9-23-37/h2-33,46,48H,1H3. The van der Waals surface area contributed by atoms with Gasteiger partial charge < -0.3 is 0 Å². The van der Waals surface area contributed by atoms with Crippen molar-refractivity contribution in [2.24, 2.45) is 0 Å². The van der Waals surface area contributed by atoms with Crippen molar-refractivity contribution in [3.63, 3.8) is 0 Å². The van der Waals surface area contributed by atoms with Crippen molar-refractivity contribution in [1.82, 2.24) is 5.09 Å². The first-order valence-electron chi connectivity index (χ1n) is 16.5. The van der Waals surface area contributed by atoms with Crippen molar-refractivity contribution in [1.29, 1.82) is 0 Å². The SMILES string of the molecule is CN[PH](c1ccccc1)(c1ccccc1)c1ccc2ccccc2c1-c1c(P(c2ccccc2)c2ccccc2)ccc2ccccc12. The van der Waals surface area contributed by atoms with Gasteiger partial charge in [0, 0.05) is 0 Å². The average molecular weight is 654 g/mol. The van der Waals surface area contributed by atoms with Crippen LogP contribution in [0.5, 0.6) is 0 Å². The van der Waals surface area contributed by atoms with Crippen molar-refractivity contribution in [3.8, 4) is 11.1 Å². The fourth-order valence-corrected chi connectivity index (χ4v) is 14.1. The zero-order chi connectivity index (χ0) is 32.3. The van der Waals surface area contributed by atoms with Crippen LogP contribution < -0.4 is 36.9 Å². The molecule has 0 fully saturated rings. The third kappa shape index (κ3) is 5.26. The summed E-state index contributed by atoms with van der Waals surface area (Å²) >= 11 is 0. The number of nitrogens with one attached hydrogen (secondary N) is 1. The van der Waals surface area contributed by atoms with Gasteiger partial charge in [-0.05, 0) is 0 Å². The molecule has 8 aromatic rings. The van der Waals surface area contributed by atoms with Crippen molar-refractivity contribution in [3.05, 3.63) is 194 Å². The molecule has 0 aromatic heterocycles. The topological polar surface area (TPSA) is 12.0 Å². The molecule has 0 unspecified atom stereocenters. The molecule has 0 bridgehead atoms. The van der Waals surface area contributed by atoms with Gasteiger partial charge in [0.25, 0.3) is 0 Å². The van der Waals surface area contributed by atoms with Gasteiger partial charge in [-0.3, -0.25) is 0 Å². The van der Waals surface area contributed by atoms with E-state index < -0.39 is 15.3 Å². The van der Waals surface area contributed by atoms with Crippen LogP contribution in [0, 0.1) is 0 Å². The Hall–Kier alpha value is -4.90. The first-order chi connectivity index (χ1) is 23.8. The summed E-state index contributed by atoms with van der Waals surface area (Å²) in [5.41, 5.74) is 2.66. The normalized spacial score (nSPS) is 12.0. The molecule has 0 heterocycles. The summed E-state index contributed by atoms with van der Waals surface area (Å²) in [4.78, 5) is 0.